The van der Waals surface area contributed by atoms with E-state index < -0.39 is 47.9 Å². The van der Waals surface area contributed by atoms with Gasteiger partial charge in [0.2, 0.25) is 0 Å². The molecule has 1 aliphatic carbocycles. The van der Waals surface area contributed by atoms with Gasteiger partial charge in [-0.1, -0.05) is 58.4 Å². The molecule has 1 fully saturated rings. The van der Waals surface area contributed by atoms with Gasteiger partial charge in [0.1, 0.15) is 23.3 Å². The van der Waals surface area contributed by atoms with Crippen molar-refractivity contribution in [3.63, 3.8) is 0 Å². The average Bonchev–Trinajstić information content (AvgIpc) is 3.09. The van der Waals surface area contributed by atoms with Crippen molar-refractivity contribution in [2.45, 2.75) is 173 Å². The summed E-state index contributed by atoms with van der Waals surface area (Å²) in [7, 11) is 4.11. The van der Waals surface area contributed by atoms with Crippen LogP contribution in [0.3, 0.4) is 0 Å². The highest BCUT2D eigenvalue weighted by Gasteiger charge is 2.46. The molecule has 13 heteroatoms. The van der Waals surface area contributed by atoms with Crippen LogP contribution in [0.2, 0.25) is 0 Å². The highest BCUT2D eigenvalue weighted by Crippen LogP contribution is 2.35. The molecule has 0 aromatic heterocycles. The molecule has 53 heavy (non-hydrogen) atoms. The quantitative estimate of drug-likeness (QED) is 0.0218. The number of hydrogen-bond acceptors (Lipinski definition) is 13. The lowest BCUT2D eigenvalue weighted by Crippen LogP contribution is -2.59. The molecule has 12 nitrogen and oxygen atoms in total. The molecule has 13 atom stereocenters. The summed E-state index contributed by atoms with van der Waals surface area (Å²) in [5, 5.41) is 62.8. The van der Waals surface area contributed by atoms with Gasteiger partial charge in [-0.25, -0.2) is 4.89 Å². The predicted octanol–water partition coefficient (Wildman–Crippen LogP) is 4.39. The van der Waals surface area contributed by atoms with Crippen molar-refractivity contribution in [2.24, 2.45) is 17.8 Å². The molecule has 1 heterocycles. The molecular formula is C40H78N4O8S. The molecule has 1 aliphatic heterocycles. The third-order valence-corrected chi connectivity index (χ3v) is 11.8. The van der Waals surface area contributed by atoms with E-state index in [1.54, 1.807) is 13.8 Å². The summed E-state index contributed by atoms with van der Waals surface area (Å²) < 4.78 is 12.9. The topological polar surface area (TPSA) is 159 Å². The van der Waals surface area contributed by atoms with E-state index in [-0.39, 0.29) is 35.4 Å². The Bertz CT molecular complexity index is 1090. The fourth-order valence-electron chi connectivity index (χ4n) is 8.21. The van der Waals surface area contributed by atoms with Gasteiger partial charge in [-0.2, -0.15) is 0 Å². The smallest absolute Gasteiger partial charge is 0.159 e. The first kappa shape index (κ1) is 48.5. The Morgan fingerprint density at radius 2 is 1.75 bits per heavy atom. The maximum Gasteiger partial charge on any atom is 0.159 e. The lowest BCUT2D eigenvalue weighted by atomic mass is 9.78. The molecule has 2 aliphatic rings. The van der Waals surface area contributed by atoms with E-state index in [0.29, 0.717) is 38.9 Å². The Kier molecular flexibility index (Phi) is 21.0. The first-order valence-electron chi connectivity index (χ1n) is 20.1. The van der Waals surface area contributed by atoms with Crippen LogP contribution >= 0.6 is 12.6 Å². The number of hydrogen-bond donors (Lipinski definition) is 8. The number of thiol groups is 1. The minimum absolute atomic E-state index is 0.00645. The van der Waals surface area contributed by atoms with E-state index in [1.165, 1.54) is 12.5 Å². The van der Waals surface area contributed by atoms with Gasteiger partial charge in [-0.3, -0.25) is 20.8 Å². The predicted molar refractivity (Wildman–Crippen MR) is 216 cm³/mol. The monoisotopic (exact) mass is 775 g/mol. The van der Waals surface area contributed by atoms with Gasteiger partial charge in [0.15, 0.2) is 6.29 Å². The van der Waals surface area contributed by atoms with Crippen LogP contribution in [0.4, 0.5) is 0 Å². The summed E-state index contributed by atoms with van der Waals surface area (Å²) >= 11 is 4.68. The van der Waals surface area contributed by atoms with Crippen molar-refractivity contribution < 1.29 is 40.0 Å². The Balaban J connectivity index is 2.23. The number of rotatable bonds is 25. The molecule has 7 N–H and O–H groups in total. The molecule has 0 spiro atoms. The Morgan fingerprint density at radius 1 is 1.08 bits per heavy atom. The van der Waals surface area contributed by atoms with E-state index in [4.69, 9.17) is 9.47 Å². The zero-order valence-corrected chi connectivity index (χ0v) is 35.6. The molecular weight excluding hydrogens is 697 g/mol. The van der Waals surface area contributed by atoms with Crippen molar-refractivity contribution >= 4 is 12.6 Å². The maximum absolute atomic E-state index is 12.3. The minimum atomic E-state index is -1.72. The number of aliphatic hydroxyl groups excluding tert-OH is 2. The first-order valence-corrected chi connectivity index (χ1v) is 20.6. The number of allylic oxidation sites excluding steroid dienone is 3. The van der Waals surface area contributed by atoms with Crippen molar-refractivity contribution in [1.29, 1.82) is 0 Å². The second-order valence-corrected chi connectivity index (χ2v) is 17.6. The van der Waals surface area contributed by atoms with E-state index in [9.17, 15) is 25.7 Å². The van der Waals surface area contributed by atoms with E-state index in [1.807, 2.05) is 34.6 Å². The molecule has 0 bridgehead atoms. The summed E-state index contributed by atoms with van der Waals surface area (Å²) in [5.41, 5.74) is -1.90. The number of nitrogens with zero attached hydrogens (tertiary/aromatic N) is 2. The van der Waals surface area contributed by atoms with Crippen molar-refractivity contribution in [2.75, 3.05) is 40.3 Å². The number of aliphatic hydroxyl groups is 4. The first-order chi connectivity index (χ1) is 24.7. The molecule has 9 unspecified atom stereocenters. The van der Waals surface area contributed by atoms with Gasteiger partial charge >= 0.3 is 0 Å². The van der Waals surface area contributed by atoms with Crippen LogP contribution in [0.15, 0.2) is 23.8 Å². The third kappa shape index (κ3) is 15.3. The van der Waals surface area contributed by atoms with E-state index in [0.717, 1.165) is 32.2 Å². The summed E-state index contributed by atoms with van der Waals surface area (Å²) in [6.45, 7) is 19.4. The molecule has 2 rings (SSSR count). The molecule has 0 radical (unpaired) electrons. The lowest BCUT2D eigenvalue weighted by Gasteiger charge is -2.45. The summed E-state index contributed by atoms with van der Waals surface area (Å²) in [5.74, 6) is -0.499. The minimum Gasteiger partial charge on any atom is -0.392 e. The number of nitrogens with one attached hydrogen (secondary N) is 2. The van der Waals surface area contributed by atoms with Gasteiger partial charge in [0.25, 0.3) is 0 Å². The second kappa shape index (κ2) is 22.9. The van der Waals surface area contributed by atoms with Crippen LogP contribution in [0, 0.1) is 17.8 Å². The van der Waals surface area contributed by atoms with E-state index in [2.05, 4.69) is 77.2 Å². The van der Waals surface area contributed by atoms with Gasteiger partial charge in [0.05, 0.1) is 23.9 Å². The fourth-order valence-corrected chi connectivity index (χ4v) is 8.43. The molecule has 1 saturated heterocycles. The third-order valence-electron chi connectivity index (χ3n) is 11.5. The largest absolute Gasteiger partial charge is 0.392 e. The van der Waals surface area contributed by atoms with Crippen LogP contribution < -0.4 is 10.6 Å². The molecule has 0 aromatic carbocycles. The number of ether oxygens (including phenoxy) is 2. The molecule has 0 saturated carbocycles. The Labute approximate surface area is 327 Å². The molecule has 312 valence electrons. The normalized spacial score (nSPS) is 26.7. The lowest BCUT2D eigenvalue weighted by molar-refractivity contribution is -0.325. The highest BCUT2D eigenvalue weighted by molar-refractivity contribution is 7.80. The van der Waals surface area contributed by atoms with Gasteiger partial charge in [-0.15, -0.1) is 12.6 Å². The summed E-state index contributed by atoms with van der Waals surface area (Å²) in [6, 6.07) is -0.248. The average molecular weight is 775 g/mol. The zero-order chi connectivity index (χ0) is 40.1. The van der Waals surface area contributed by atoms with Gasteiger partial charge in [-0.05, 0) is 105 Å². The van der Waals surface area contributed by atoms with Crippen LogP contribution in [-0.2, 0) is 14.4 Å². The molecule has 0 amide bonds. The van der Waals surface area contributed by atoms with Crippen molar-refractivity contribution in [1.82, 2.24) is 20.4 Å². The van der Waals surface area contributed by atoms with Gasteiger partial charge < -0.3 is 34.8 Å². The highest BCUT2D eigenvalue weighted by atomic mass is 32.1. The van der Waals surface area contributed by atoms with Crippen molar-refractivity contribution in [3.8, 4) is 0 Å². The summed E-state index contributed by atoms with van der Waals surface area (Å²) in [6.07, 6.45) is 7.28. The van der Waals surface area contributed by atoms with Crippen LogP contribution in [0.1, 0.15) is 107 Å². The maximum atomic E-state index is 12.3. The SMILES string of the molecule is CCC(OO)C(C)(O)C(O)[C@@H](C)N(CCCNC(S)NCC1=CC=CCC1)CC(C)CC(C)(O)C(O[C@H]1CC(N(C)C)CC(C)O1)[C@H](C)[C@@H](O)C(C)C. The van der Waals surface area contributed by atoms with Crippen LogP contribution in [-0.4, -0.2) is 141 Å². The Hall–Kier alpha value is -0.650. The zero-order valence-electron chi connectivity index (χ0n) is 34.7. The van der Waals surface area contributed by atoms with Crippen LogP contribution in [0.25, 0.3) is 0 Å². The second-order valence-electron chi connectivity index (χ2n) is 17.1. The van der Waals surface area contributed by atoms with E-state index >= 15 is 0 Å². The van der Waals surface area contributed by atoms with Crippen LogP contribution in [0.5, 0.6) is 0 Å². The fraction of sp³-hybridized carbons (Fsp3) is 0.900. The Morgan fingerprint density at radius 3 is 2.32 bits per heavy atom. The molecule has 0 aromatic rings. The van der Waals surface area contributed by atoms with Crippen molar-refractivity contribution in [3.05, 3.63) is 23.8 Å². The standard InChI is InChI=1S/C40H78N4O8S/c1-12-33(52-49)40(9,48)36(46)30(7)44(20-16-19-41-38(53)42-24-31-17-14-13-15-18-31)25-27(4)23-39(8,47)37(29(6)35(45)26(2)3)51-34-22-32(43(10)11)21-28(5)50-34/h13-14,17,26-30,32-38,41-42,45-49,53H,12,15-16,18-25H2,1-11H3/t27?,28?,29-,30-,32?,33?,34+,35+,36?,37?,38?,39?,40?/m1/s1. The summed E-state index contributed by atoms with van der Waals surface area (Å²) in [4.78, 5) is 8.90. The van der Waals surface area contributed by atoms with Gasteiger partial charge in [0, 0.05) is 37.5 Å².